The number of aromatic nitrogens is 3. The van der Waals surface area contributed by atoms with Crippen LogP contribution < -0.4 is 5.32 Å². The molecule has 7 nitrogen and oxygen atoms in total. The first-order valence-corrected chi connectivity index (χ1v) is 8.57. The van der Waals surface area contributed by atoms with Crippen LogP contribution in [0.5, 0.6) is 0 Å². The van der Waals surface area contributed by atoms with Gasteiger partial charge in [0.1, 0.15) is 12.7 Å². The lowest BCUT2D eigenvalue weighted by molar-refractivity contribution is -0.133. The van der Waals surface area contributed by atoms with Crippen LogP contribution in [-0.2, 0) is 9.59 Å². The number of nitrogens with one attached hydrogen (secondary N) is 1. The second kappa shape index (κ2) is 7.92. The van der Waals surface area contributed by atoms with E-state index < -0.39 is 0 Å². The molecule has 0 unspecified atom stereocenters. The topological polar surface area (TPSA) is 80.1 Å². The third-order valence-electron chi connectivity index (χ3n) is 4.52. The molecule has 2 aromatic rings. The fourth-order valence-corrected chi connectivity index (χ4v) is 3.29. The van der Waals surface area contributed by atoms with Gasteiger partial charge in [0, 0.05) is 20.0 Å². The fraction of sp³-hybridized carbons (Fsp3) is 0.444. The predicted molar refractivity (Wildman–Crippen MR) is 92.5 cm³/mol. The summed E-state index contributed by atoms with van der Waals surface area (Å²) in [5.41, 5.74) is 0.941. The molecule has 7 heteroatoms. The zero-order valence-electron chi connectivity index (χ0n) is 14.3. The van der Waals surface area contributed by atoms with Crippen LogP contribution in [0.25, 0.3) is 0 Å². The van der Waals surface area contributed by atoms with Crippen LogP contribution in [0, 0.1) is 0 Å². The molecule has 132 valence electrons. The fourth-order valence-electron chi connectivity index (χ4n) is 3.29. The van der Waals surface area contributed by atoms with Gasteiger partial charge in [0.05, 0.1) is 18.5 Å². The molecule has 1 N–H and O–H groups in total. The van der Waals surface area contributed by atoms with Gasteiger partial charge < -0.3 is 10.2 Å². The van der Waals surface area contributed by atoms with Crippen molar-refractivity contribution < 1.29 is 9.59 Å². The van der Waals surface area contributed by atoms with Gasteiger partial charge in [-0.1, -0.05) is 30.3 Å². The summed E-state index contributed by atoms with van der Waals surface area (Å²) in [6.07, 6.45) is 5.40. The number of likely N-dealkylation sites (tertiary alicyclic amines) is 1. The summed E-state index contributed by atoms with van der Waals surface area (Å²) >= 11 is 0. The van der Waals surface area contributed by atoms with Gasteiger partial charge in [0.15, 0.2) is 0 Å². The van der Waals surface area contributed by atoms with Gasteiger partial charge in [-0.05, 0) is 18.4 Å². The number of piperidine rings is 1. The van der Waals surface area contributed by atoms with Crippen LogP contribution in [0.4, 0.5) is 0 Å². The Balaban J connectivity index is 1.67. The Morgan fingerprint density at radius 3 is 2.80 bits per heavy atom. The van der Waals surface area contributed by atoms with Crippen LogP contribution in [0.1, 0.15) is 43.8 Å². The Hall–Kier alpha value is -2.70. The SMILES string of the molecule is CC(=O)N[C@@H](CC(=O)N1CCC[C@@H](n2cncn2)C1)c1ccccc1. The van der Waals surface area contributed by atoms with Crippen molar-refractivity contribution in [3.8, 4) is 0 Å². The molecule has 3 rings (SSSR count). The molecule has 1 saturated heterocycles. The number of hydrogen-bond donors (Lipinski definition) is 1. The maximum atomic E-state index is 12.8. The highest BCUT2D eigenvalue weighted by Gasteiger charge is 2.27. The van der Waals surface area contributed by atoms with Crippen LogP contribution in [0.2, 0.25) is 0 Å². The number of benzene rings is 1. The number of hydrogen-bond acceptors (Lipinski definition) is 4. The Morgan fingerprint density at radius 1 is 1.32 bits per heavy atom. The summed E-state index contributed by atoms with van der Waals surface area (Å²) in [5, 5.41) is 7.08. The average molecular weight is 341 g/mol. The lowest BCUT2D eigenvalue weighted by Gasteiger charge is -2.33. The smallest absolute Gasteiger partial charge is 0.225 e. The Labute approximate surface area is 147 Å². The van der Waals surface area contributed by atoms with Crippen molar-refractivity contribution in [3.63, 3.8) is 0 Å². The zero-order chi connectivity index (χ0) is 17.6. The monoisotopic (exact) mass is 341 g/mol. The highest BCUT2D eigenvalue weighted by atomic mass is 16.2. The van der Waals surface area contributed by atoms with Crippen LogP contribution >= 0.6 is 0 Å². The number of carbonyl (C=O) groups is 2. The third-order valence-corrected chi connectivity index (χ3v) is 4.52. The molecule has 1 aromatic carbocycles. The molecular weight excluding hydrogens is 318 g/mol. The van der Waals surface area contributed by atoms with E-state index in [2.05, 4.69) is 15.4 Å². The Morgan fingerprint density at radius 2 is 2.12 bits per heavy atom. The number of amides is 2. The van der Waals surface area contributed by atoms with Gasteiger partial charge in [0.25, 0.3) is 0 Å². The van der Waals surface area contributed by atoms with Crippen molar-refractivity contribution in [2.75, 3.05) is 13.1 Å². The van der Waals surface area contributed by atoms with E-state index in [1.54, 1.807) is 6.33 Å². The summed E-state index contributed by atoms with van der Waals surface area (Å²) < 4.78 is 1.82. The molecule has 2 amide bonds. The van der Waals surface area contributed by atoms with Crippen molar-refractivity contribution >= 4 is 11.8 Å². The van der Waals surface area contributed by atoms with Crippen molar-refractivity contribution in [3.05, 3.63) is 48.5 Å². The summed E-state index contributed by atoms with van der Waals surface area (Å²) in [7, 11) is 0. The number of nitrogens with zero attached hydrogens (tertiary/aromatic N) is 4. The minimum absolute atomic E-state index is 0.0485. The number of carbonyl (C=O) groups excluding carboxylic acids is 2. The molecule has 2 atom stereocenters. The van der Waals surface area contributed by atoms with Gasteiger partial charge in [-0.25, -0.2) is 9.67 Å². The van der Waals surface area contributed by atoms with Crippen LogP contribution in [0.3, 0.4) is 0 Å². The standard InChI is InChI=1S/C18H23N5O2/c1-14(24)21-17(15-6-3-2-4-7-15)10-18(25)22-9-5-8-16(11-22)23-13-19-12-20-23/h2-4,6-7,12-13,16-17H,5,8-11H2,1H3,(H,21,24)/t16-,17+/m1/s1. The Bertz CT molecular complexity index is 702. The molecule has 0 aliphatic carbocycles. The van der Waals surface area contributed by atoms with Gasteiger partial charge in [0.2, 0.25) is 11.8 Å². The molecule has 1 aliphatic rings. The van der Waals surface area contributed by atoms with Gasteiger partial charge >= 0.3 is 0 Å². The van der Waals surface area contributed by atoms with Gasteiger partial charge in [-0.15, -0.1) is 0 Å². The van der Waals surface area contributed by atoms with Gasteiger partial charge in [-0.3, -0.25) is 9.59 Å². The van der Waals surface area contributed by atoms with Crippen molar-refractivity contribution in [1.82, 2.24) is 25.0 Å². The van der Waals surface area contributed by atoms with E-state index in [9.17, 15) is 9.59 Å². The molecule has 1 aliphatic heterocycles. The minimum Gasteiger partial charge on any atom is -0.349 e. The van der Waals surface area contributed by atoms with Gasteiger partial charge in [-0.2, -0.15) is 5.10 Å². The average Bonchev–Trinajstić information content (AvgIpc) is 3.16. The molecule has 1 aromatic heterocycles. The molecule has 25 heavy (non-hydrogen) atoms. The highest BCUT2D eigenvalue weighted by molar-refractivity contribution is 5.79. The second-order valence-corrected chi connectivity index (χ2v) is 6.38. The molecule has 1 fully saturated rings. The summed E-state index contributed by atoms with van der Waals surface area (Å²) in [4.78, 5) is 30.2. The van der Waals surface area contributed by atoms with E-state index >= 15 is 0 Å². The maximum Gasteiger partial charge on any atom is 0.225 e. The summed E-state index contributed by atoms with van der Waals surface area (Å²) in [6, 6.07) is 9.47. The van der Waals surface area contributed by atoms with E-state index in [1.807, 2.05) is 39.9 Å². The van der Waals surface area contributed by atoms with Crippen molar-refractivity contribution in [2.45, 2.75) is 38.3 Å². The van der Waals surface area contributed by atoms with Crippen molar-refractivity contribution in [1.29, 1.82) is 0 Å². The van der Waals surface area contributed by atoms with E-state index in [-0.39, 0.29) is 30.3 Å². The van der Waals surface area contributed by atoms with E-state index in [4.69, 9.17) is 0 Å². The first-order chi connectivity index (χ1) is 12.1. The molecule has 0 spiro atoms. The second-order valence-electron chi connectivity index (χ2n) is 6.38. The van der Waals surface area contributed by atoms with Crippen LogP contribution in [-0.4, -0.2) is 44.6 Å². The third kappa shape index (κ3) is 4.43. The van der Waals surface area contributed by atoms with Crippen molar-refractivity contribution in [2.24, 2.45) is 0 Å². The van der Waals surface area contributed by atoms with E-state index in [0.29, 0.717) is 6.54 Å². The first-order valence-electron chi connectivity index (χ1n) is 8.57. The molecule has 2 heterocycles. The molecule has 0 radical (unpaired) electrons. The highest BCUT2D eigenvalue weighted by Crippen LogP contribution is 2.23. The summed E-state index contributed by atoms with van der Waals surface area (Å²) in [5.74, 6) is -0.0896. The quantitative estimate of drug-likeness (QED) is 0.898. The summed E-state index contributed by atoms with van der Waals surface area (Å²) in [6.45, 7) is 2.84. The zero-order valence-corrected chi connectivity index (χ0v) is 14.3. The normalized spacial score (nSPS) is 18.6. The van der Waals surface area contributed by atoms with Crippen LogP contribution in [0.15, 0.2) is 43.0 Å². The lowest BCUT2D eigenvalue weighted by Crippen LogP contribution is -2.42. The number of rotatable bonds is 5. The Kier molecular flexibility index (Phi) is 5.42. The molecule has 0 saturated carbocycles. The molecule has 0 bridgehead atoms. The lowest BCUT2D eigenvalue weighted by atomic mass is 10.0. The molecular formula is C18H23N5O2. The predicted octanol–water partition coefficient (Wildman–Crippen LogP) is 1.71. The largest absolute Gasteiger partial charge is 0.349 e. The minimum atomic E-state index is -0.307. The van der Waals surface area contributed by atoms with E-state index in [1.165, 1.54) is 13.3 Å². The first kappa shape index (κ1) is 17.1. The maximum absolute atomic E-state index is 12.8. The van der Waals surface area contributed by atoms with E-state index in [0.717, 1.165) is 24.9 Å².